The summed E-state index contributed by atoms with van der Waals surface area (Å²) in [4.78, 5) is 27.4. The van der Waals surface area contributed by atoms with Gasteiger partial charge in [-0.1, -0.05) is 25.0 Å². The SMILES string of the molecule is COc1ccc(C(C)(C)C(=O)N2CCC(NC(=O)CC3CCCC3)CC2)cc1. The summed E-state index contributed by atoms with van der Waals surface area (Å²) in [5.74, 6) is 1.71. The molecule has 3 rings (SSSR count). The fraction of sp³-hybridized carbons (Fsp3) is 0.652. The molecule has 5 nitrogen and oxygen atoms in total. The number of benzene rings is 1. The third kappa shape index (κ3) is 4.86. The normalized spacial score (nSPS) is 18.9. The van der Waals surface area contributed by atoms with Crippen molar-refractivity contribution in [2.24, 2.45) is 5.92 Å². The van der Waals surface area contributed by atoms with Gasteiger partial charge in [0.25, 0.3) is 0 Å². The topological polar surface area (TPSA) is 58.6 Å². The molecule has 2 fully saturated rings. The predicted molar refractivity (Wildman–Crippen MR) is 110 cm³/mol. The van der Waals surface area contributed by atoms with E-state index in [-0.39, 0.29) is 17.9 Å². The van der Waals surface area contributed by atoms with E-state index in [1.54, 1.807) is 7.11 Å². The van der Waals surface area contributed by atoms with Crippen molar-refractivity contribution in [2.45, 2.75) is 70.3 Å². The van der Waals surface area contributed by atoms with Crippen molar-refractivity contribution < 1.29 is 14.3 Å². The molecule has 1 aromatic rings. The van der Waals surface area contributed by atoms with Crippen molar-refractivity contribution in [1.82, 2.24) is 10.2 Å². The minimum absolute atomic E-state index is 0.147. The summed E-state index contributed by atoms with van der Waals surface area (Å²) < 4.78 is 5.21. The van der Waals surface area contributed by atoms with Crippen LogP contribution in [0.2, 0.25) is 0 Å². The first-order chi connectivity index (χ1) is 13.4. The minimum Gasteiger partial charge on any atom is -0.497 e. The van der Waals surface area contributed by atoms with E-state index in [2.05, 4.69) is 5.32 Å². The molecule has 0 spiro atoms. The highest BCUT2D eigenvalue weighted by Gasteiger charge is 2.35. The molecular formula is C23H34N2O3. The molecule has 0 atom stereocenters. The van der Waals surface area contributed by atoms with Gasteiger partial charge in [0.05, 0.1) is 12.5 Å². The Hall–Kier alpha value is -2.04. The van der Waals surface area contributed by atoms with E-state index in [1.165, 1.54) is 25.7 Å². The first kappa shape index (κ1) is 20.7. The summed E-state index contributed by atoms with van der Waals surface area (Å²) in [5.41, 5.74) is 0.412. The molecule has 154 valence electrons. The van der Waals surface area contributed by atoms with Crippen LogP contribution in [0.4, 0.5) is 0 Å². The second-order valence-corrected chi connectivity index (χ2v) is 8.84. The monoisotopic (exact) mass is 386 g/mol. The smallest absolute Gasteiger partial charge is 0.232 e. The maximum absolute atomic E-state index is 13.1. The van der Waals surface area contributed by atoms with Crippen LogP contribution in [-0.2, 0) is 15.0 Å². The van der Waals surface area contributed by atoms with Gasteiger partial charge in [0.2, 0.25) is 11.8 Å². The number of carbonyl (C=O) groups excluding carboxylic acids is 2. The molecule has 1 aliphatic heterocycles. The van der Waals surface area contributed by atoms with Gasteiger partial charge < -0.3 is 15.0 Å². The van der Waals surface area contributed by atoms with Crippen LogP contribution >= 0.6 is 0 Å². The van der Waals surface area contributed by atoms with E-state index in [9.17, 15) is 9.59 Å². The molecular weight excluding hydrogens is 352 g/mol. The molecule has 1 saturated carbocycles. The van der Waals surface area contributed by atoms with Crippen molar-refractivity contribution in [3.63, 3.8) is 0 Å². The van der Waals surface area contributed by atoms with Gasteiger partial charge >= 0.3 is 0 Å². The second-order valence-electron chi connectivity index (χ2n) is 8.84. The van der Waals surface area contributed by atoms with Gasteiger partial charge in [0, 0.05) is 25.6 Å². The largest absolute Gasteiger partial charge is 0.497 e. The van der Waals surface area contributed by atoms with Crippen molar-refractivity contribution in [3.05, 3.63) is 29.8 Å². The molecule has 2 aliphatic rings. The Bertz CT molecular complexity index is 670. The highest BCUT2D eigenvalue weighted by molar-refractivity contribution is 5.87. The van der Waals surface area contributed by atoms with E-state index in [0.717, 1.165) is 24.2 Å². The number of amides is 2. The molecule has 0 aromatic heterocycles. The molecule has 5 heteroatoms. The fourth-order valence-electron chi connectivity index (χ4n) is 4.52. The average Bonchev–Trinajstić information content (AvgIpc) is 3.21. The number of likely N-dealkylation sites (tertiary alicyclic amines) is 1. The van der Waals surface area contributed by atoms with Crippen LogP contribution in [-0.4, -0.2) is 43.0 Å². The lowest BCUT2D eigenvalue weighted by atomic mass is 9.82. The quantitative estimate of drug-likeness (QED) is 0.812. The van der Waals surface area contributed by atoms with Crippen molar-refractivity contribution in [3.8, 4) is 5.75 Å². The molecule has 0 unspecified atom stereocenters. The van der Waals surface area contributed by atoms with E-state index in [4.69, 9.17) is 4.74 Å². The molecule has 0 bridgehead atoms. The second kappa shape index (κ2) is 8.97. The van der Waals surface area contributed by atoms with Crippen molar-refractivity contribution in [1.29, 1.82) is 0 Å². The van der Waals surface area contributed by atoms with Crippen LogP contribution in [0.25, 0.3) is 0 Å². The Labute approximate surface area is 168 Å². The summed E-state index contributed by atoms with van der Waals surface area (Å²) in [6.07, 6.45) is 7.26. The Morgan fingerprint density at radius 3 is 2.25 bits per heavy atom. The van der Waals surface area contributed by atoms with Crippen LogP contribution in [0, 0.1) is 5.92 Å². The molecule has 1 aromatic carbocycles. The summed E-state index contributed by atoms with van der Waals surface area (Å²) in [7, 11) is 1.64. The van der Waals surface area contributed by atoms with E-state index in [1.807, 2.05) is 43.0 Å². The Morgan fingerprint density at radius 2 is 1.68 bits per heavy atom. The number of ether oxygens (including phenoxy) is 1. The predicted octanol–water partition coefficient (Wildman–Crippen LogP) is 3.66. The summed E-state index contributed by atoms with van der Waals surface area (Å²) in [6, 6.07) is 7.92. The molecule has 1 heterocycles. The molecule has 0 radical (unpaired) electrons. The number of nitrogens with zero attached hydrogens (tertiary/aromatic N) is 1. The molecule has 28 heavy (non-hydrogen) atoms. The molecule has 1 N–H and O–H groups in total. The van der Waals surface area contributed by atoms with E-state index >= 15 is 0 Å². The van der Waals surface area contributed by atoms with Crippen LogP contribution < -0.4 is 10.1 Å². The number of methoxy groups -OCH3 is 1. The Balaban J connectivity index is 1.50. The van der Waals surface area contributed by atoms with E-state index < -0.39 is 5.41 Å². The fourth-order valence-corrected chi connectivity index (χ4v) is 4.52. The standard InChI is InChI=1S/C23H34N2O3/c1-23(2,18-8-10-20(28-3)11-9-18)22(27)25-14-12-19(13-15-25)24-21(26)16-17-6-4-5-7-17/h8-11,17,19H,4-7,12-16H2,1-3H3,(H,24,26). The lowest BCUT2D eigenvalue weighted by molar-refractivity contribution is -0.137. The highest BCUT2D eigenvalue weighted by Crippen LogP contribution is 2.29. The first-order valence-corrected chi connectivity index (χ1v) is 10.6. The van der Waals surface area contributed by atoms with Gasteiger partial charge in [-0.2, -0.15) is 0 Å². The highest BCUT2D eigenvalue weighted by atomic mass is 16.5. The minimum atomic E-state index is -0.579. The maximum atomic E-state index is 13.1. The zero-order chi connectivity index (χ0) is 20.1. The Kier molecular flexibility index (Phi) is 6.63. The number of nitrogens with one attached hydrogen (secondary N) is 1. The van der Waals surface area contributed by atoms with Crippen molar-refractivity contribution >= 4 is 11.8 Å². The molecule has 2 amide bonds. The van der Waals surface area contributed by atoms with Crippen LogP contribution in [0.3, 0.4) is 0 Å². The van der Waals surface area contributed by atoms with Crippen LogP contribution in [0.1, 0.15) is 64.4 Å². The zero-order valence-corrected chi connectivity index (χ0v) is 17.5. The first-order valence-electron chi connectivity index (χ1n) is 10.6. The molecule has 1 aliphatic carbocycles. The van der Waals surface area contributed by atoms with Gasteiger partial charge in [0.1, 0.15) is 5.75 Å². The molecule has 1 saturated heterocycles. The van der Waals surface area contributed by atoms with Gasteiger partial charge in [-0.05, 0) is 63.1 Å². The number of hydrogen-bond acceptors (Lipinski definition) is 3. The number of piperidine rings is 1. The summed E-state index contributed by atoms with van der Waals surface area (Å²) in [5, 5.41) is 3.20. The van der Waals surface area contributed by atoms with Gasteiger partial charge in [0.15, 0.2) is 0 Å². The zero-order valence-electron chi connectivity index (χ0n) is 17.5. The third-order valence-electron chi connectivity index (χ3n) is 6.44. The van der Waals surface area contributed by atoms with Gasteiger partial charge in [-0.15, -0.1) is 0 Å². The van der Waals surface area contributed by atoms with E-state index in [0.29, 0.717) is 25.4 Å². The maximum Gasteiger partial charge on any atom is 0.232 e. The summed E-state index contributed by atoms with van der Waals surface area (Å²) in [6.45, 7) is 5.36. The number of carbonyl (C=O) groups is 2. The summed E-state index contributed by atoms with van der Waals surface area (Å²) >= 11 is 0. The number of rotatable bonds is 6. The van der Waals surface area contributed by atoms with Crippen LogP contribution in [0.15, 0.2) is 24.3 Å². The van der Waals surface area contributed by atoms with Crippen molar-refractivity contribution in [2.75, 3.05) is 20.2 Å². The van der Waals surface area contributed by atoms with Crippen LogP contribution in [0.5, 0.6) is 5.75 Å². The Morgan fingerprint density at radius 1 is 1.07 bits per heavy atom. The van der Waals surface area contributed by atoms with Gasteiger partial charge in [-0.25, -0.2) is 0 Å². The van der Waals surface area contributed by atoms with Gasteiger partial charge in [-0.3, -0.25) is 9.59 Å². The third-order valence-corrected chi connectivity index (χ3v) is 6.44. The lowest BCUT2D eigenvalue weighted by Gasteiger charge is -2.37. The lowest BCUT2D eigenvalue weighted by Crippen LogP contribution is -2.51. The average molecular weight is 387 g/mol. The number of hydrogen-bond donors (Lipinski definition) is 1.